The number of aromatic nitrogens is 4. The van der Waals surface area contributed by atoms with Gasteiger partial charge < -0.3 is 9.88 Å². The highest BCUT2D eigenvalue weighted by Crippen LogP contribution is 2.11. The first kappa shape index (κ1) is 12.8. The number of nitrogens with one attached hydrogen (secondary N) is 1. The number of imidazole rings is 1. The molecule has 0 saturated heterocycles. The van der Waals surface area contributed by atoms with Crippen LogP contribution in [0, 0.1) is 6.92 Å². The zero-order valence-corrected chi connectivity index (χ0v) is 11.1. The molecule has 0 atom stereocenters. The van der Waals surface area contributed by atoms with Crippen molar-refractivity contribution in [2.75, 3.05) is 11.9 Å². The number of halogens is 1. The van der Waals surface area contributed by atoms with Gasteiger partial charge in [0.05, 0.1) is 6.33 Å². The SMILES string of the molecule is Cc1nc(Cl)cc(NCCCCn2ccnc2)n1. The van der Waals surface area contributed by atoms with Crippen molar-refractivity contribution in [1.29, 1.82) is 0 Å². The molecule has 0 fully saturated rings. The summed E-state index contributed by atoms with van der Waals surface area (Å²) in [4.78, 5) is 12.3. The highest BCUT2D eigenvalue weighted by Gasteiger charge is 1.99. The number of anilines is 1. The minimum absolute atomic E-state index is 0.475. The molecule has 0 spiro atoms. The van der Waals surface area contributed by atoms with Crippen LogP contribution in [0.15, 0.2) is 24.8 Å². The molecule has 1 N–H and O–H groups in total. The van der Waals surface area contributed by atoms with Gasteiger partial charge in [-0.25, -0.2) is 15.0 Å². The third-order valence-corrected chi connectivity index (χ3v) is 2.71. The topological polar surface area (TPSA) is 55.6 Å². The van der Waals surface area contributed by atoms with Gasteiger partial charge in [-0.05, 0) is 19.8 Å². The molecular weight excluding hydrogens is 250 g/mol. The smallest absolute Gasteiger partial charge is 0.134 e. The van der Waals surface area contributed by atoms with E-state index in [0.717, 1.165) is 31.7 Å². The summed E-state index contributed by atoms with van der Waals surface area (Å²) < 4.78 is 2.08. The second kappa shape index (κ2) is 6.35. The van der Waals surface area contributed by atoms with Crippen molar-refractivity contribution in [3.05, 3.63) is 35.8 Å². The van der Waals surface area contributed by atoms with Gasteiger partial charge >= 0.3 is 0 Å². The molecule has 18 heavy (non-hydrogen) atoms. The summed E-state index contributed by atoms with van der Waals surface area (Å²) in [6, 6.07) is 1.74. The Kier molecular flexibility index (Phi) is 4.52. The molecule has 0 aliphatic carbocycles. The molecule has 2 aromatic heterocycles. The van der Waals surface area contributed by atoms with Crippen LogP contribution in [0.3, 0.4) is 0 Å². The van der Waals surface area contributed by atoms with Gasteiger partial charge in [0.15, 0.2) is 0 Å². The Morgan fingerprint density at radius 1 is 1.33 bits per heavy atom. The Morgan fingerprint density at radius 3 is 2.94 bits per heavy atom. The van der Waals surface area contributed by atoms with Crippen LogP contribution in [-0.4, -0.2) is 26.1 Å². The lowest BCUT2D eigenvalue weighted by Gasteiger charge is -2.06. The van der Waals surface area contributed by atoms with Crippen LogP contribution in [0.1, 0.15) is 18.7 Å². The fourth-order valence-corrected chi connectivity index (χ4v) is 1.90. The number of aryl methyl sites for hydroxylation is 2. The van der Waals surface area contributed by atoms with Crippen LogP contribution >= 0.6 is 11.6 Å². The van der Waals surface area contributed by atoms with Crippen molar-refractivity contribution in [2.24, 2.45) is 0 Å². The zero-order chi connectivity index (χ0) is 12.8. The second-order valence-corrected chi connectivity index (χ2v) is 4.44. The lowest BCUT2D eigenvalue weighted by atomic mass is 10.3. The van der Waals surface area contributed by atoms with Crippen molar-refractivity contribution in [2.45, 2.75) is 26.3 Å². The largest absolute Gasteiger partial charge is 0.370 e. The zero-order valence-electron chi connectivity index (χ0n) is 10.3. The van der Waals surface area contributed by atoms with Crippen LogP contribution in [0.5, 0.6) is 0 Å². The third-order valence-electron chi connectivity index (χ3n) is 2.52. The van der Waals surface area contributed by atoms with Crippen LogP contribution in [-0.2, 0) is 6.54 Å². The van der Waals surface area contributed by atoms with E-state index in [1.54, 1.807) is 12.3 Å². The minimum Gasteiger partial charge on any atom is -0.370 e. The van der Waals surface area contributed by atoms with Gasteiger partial charge in [0.25, 0.3) is 0 Å². The number of hydrogen-bond donors (Lipinski definition) is 1. The van der Waals surface area contributed by atoms with Crippen LogP contribution < -0.4 is 5.32 Å². The minimum atomic E-state index is 0.475. The molecule has 0 unspecified atom stereocenters. The van der Waals surface area contributed by atoms with E-state index in [9.17, 15) is 0 Å². The lowest BCUT2D eigenvalue weighted by Crippen LogP contribution is -2.06. The van der Waals surface area contributed by atoms with Crippen molar-refractivity contribution in [3.63, 3.8) is 0 Å². The number of hydrogen-bond acceptors (Lipinski definition) is 4. The summed E-state index contributed by atoms with van der Waals surface area (Å²) in [5.41, 5.74) is 0. The van der Waals surface area contributed by atoms with E-state index in [0.29, 0.717) is 11.0 Å². The molecule has 0 amide bonds. The first-order valence-corrected chi connectivity index (χ1v) is 6.32. The molecule has 2 rings (SSSR count). The van der Waals surface area contributed by atoms with E-state index in [4.69, 9.17) is 11.6 Å². The molecule has 0 aliphatic heterocycles. The average molecular weight is 266 g/mol. The molecular formula is C12H16ClN5. The molecule has 2 heterocycles. The summed E-state index contributed by atoms with van der Waals surface area (Å²) in [6.07, 6.45) is 7.77. The van der Waals surface area contributed by atoms with Crippen LogP contribution in [0.4, 0.5) is 5.82 Å². The standard InChI is InChI=1S/C12H16ClN5/c1-10-16-11(13)8-12(17-10)15-4-2-3-6-18-7-5-14-9-18/h5,7-9H,2-4,6H2,1H3,(H,15,16,17). The van der Waals surface area contributed by atoms with E-state index < -0.39 is 0 Å². The number of nitrogens with zero attached hydrogens (tertiary/aromatic N) is 4. The molecule has 0 aromatic carbocycles. The van der Waals surface area contributed by atoms with E-state index >= 15 is 0 Å². The molecule has 0 bridgehead atoms. The van der Waals surface area contributed by atoms with Gasteiger partial charge in [-0.3, -0.25) is 0 Å². The highest BCUT2D eigenvalue weighted by molar-refractivity contribution is 6.29. The second-order valence-electron chi connectivity index (χ2n) is 4.06. The highest BCUT2D eigenvalue weighted by atomic mass is 35.5. The molecule has 0 aliphatic rings. The fraction of sp³-hybridized carbons (Fsp3) is 0.417. The Balaban J connectivity index is 1.68. The molecule has 2 aromatic rings. The van der Waals surface area contributed by atoms with Crippen LogP contribution in [0.2, 0.25) is 5.15 Å². The van der Waals surface area contributed by atoms with Gasteiger partial charge in [0.1, 0.15) is 16.8 Å². The maximum Gasteiger partial charge on any atom is 0.134 e. The molecule has 0 saturated carbocycles. The monoisotopic (exact) mass is 265 g/mol. The Morgan fingerprint density at radius 2 is 2.22 bits per heavy atom. The van der Waals surface area contributed by atoms with Gasteiger partial charge in [0, 0.05) is 31.5 Å². The molecule has 6 heteroatoms. The lowest BCUT2D eigenvalue weighted by molar-refractivity contribution is 0.620. The Bertz CT molecular complexity index is 463. The van der Waals surface area contributed by atoms with Crippen molar-refractivity contribution < 1.29 is 0 Å². The summed E-state index contributed by atoms with van der Waals surface area (Å²) in [7, 11) is 0. The van der Waals surface area contributed by atoms with E-state index in [2.05, 4.69) is 24.8 Å². The normalized spacial score (nSPS) is 10.6. The van der Waals surface area contributed by atoms with Gasteiger partial charge in [0.2, 0.25) is 0 Å². The predicted molar refractivity (Wildman–Crippen MR) is 71.7 cm³/mol. The van der Waals surface area contributed by atoms with Crippen LogP contribution in [0.25, 0.3) is 0 Å². The summed E-state index contributed by atoms with van der Waals surface area (Å²) in [6.45, 7) is 3.70. The quantitative estimate of drug-likeness (QED) is 0.644. The van der Waals surface area contributed by atoms with Gasteiger partial charge in [-0.1, -0.05) is 11.6 Å². The van der Waals surface area contributed by atoms with E-state index in [1.165, 1.54) is 0 Å². The Hall–Kier alpha value is -1.62. The van der Waals surface area contributed by atoms with Crippen molar-refractivity contribution >= 4 is 17.4 Å². The fourth-order valence-electron chi connectivity index (χ4n) is 1.68. The number of rotatable bonds is 6. The maximum atomic E-state index is 5.86. The first-order chi connectivity index (χ1) is 8.74. The third kappa shape index (κ3) is 4.00. The van der Waals surface area contributed by atoms with Gasteiger partial charge in [-0.2, -0.15) is 0 Å². The summed E-state index contributed by atoms with van der Waals surface area (Å²) >= 11 is 5.86. The molecule has 96 valence electrons. The van der Waals surface area contributed by atoms with E-state index in [1.807, 2.05) is 19.4 Å². The molecule has 5 nitrogen and oxygen atoms in total. The van der Waals surface area contributed by atoms with Crippen molar-refractivity contribution in [1.82, 2.24) is 19.5 Å². The van der Waals surface area contributed by atoms with E-state index in [-0.39, 0.29) is 0 Å². The van der Waals surface area contributed by atoms with Crippen molar-refractivity contribution in [3.8, 4) is 0 Å². The predicted octanol–water partition coefficient (Wildman–Crippen LogP) is 2.53. The molecule has 0 radical (unpaired) electrons. The number of unbranched alkanes of at least 4 members (excludes halogenated alkanes) is 1. The first-order valence-electron chi connectivity index (χ1n) is 5.95. The van der Waals surface area contributed by atoms with Gasteiger partial charge in [-0.15, -0.1) is 0 Å². The average Bonchev–Trinajstić information content (AvgIpc) is 2.80. The maximum absolute atomic E-state index is 5.86. The Labute approximate surface area is 111 Å². The summed E-state index contributed by atoms with van der Waals surface area (Å²) in [5.74, 6) is 1.47. The summed E-state index contributed by atoms with van der Waals surface area (Å²) in [5, 5.41) is 3.72.